The molecular weight excluding hydrogens is 380 g/mol. The maximum Gasteiger partial charge on any atom is 0.266 e. The van der Waals surface area contributed by atoms with E-state index >= 15 is 0 Å². The van der Waals surface area contributed by atoms with Gasteiger partial charge in [0.05, 0.1) is 34.2 Å². The summed E-state index contributed by atoms with van der Waals surface area (Å²) < 4.78 is 12.1. The van der Waals surface area contributed by atoms with Gasteiger partial charge < -0.3 is 14.4 Å². The number of thiazole rings is 1. The van der Waals surface area contributed by atoms with Gasteiger partial charge in [0.2, 0.25) is 0 Å². The van der Waals surface area contributed by atoms with Crippen LogP contribution in [0.3, 0.4) is 0 Å². The van der Waals surface area contributed by atoms with Crippen molar-refractivity contribution in [2.75, 3.05) is 19.8 Å². The first-order valence-corrected chi connectivity index (χ1v) is 10.4. The molecule has 1 atom stereocenters. The van der Waals surface area contributed by atoms with Crippen LogP contribution < -0.4 is 0 Å². The van der Waals surface area contributed by atoms with E-state index in [9.17, 15) is 4.79 Å². The maximum atomic E-state index is 13.2. The van der Waals surface area contributed by atoms with Gasteiger partial charge in [0.25, 0.3) is 5.91 Å². The number of hydrogen-bond acceptors (Lipinski definition) is 6. The number of aromatic nitrogens is 1. The van der Waals surface area contributed by atoms with Gasteiger partial charge in [-0.2, -0.15) is 0 Å². The molecule has 4 heterocycles. The fraction of sp³-hybridized carbons (Fsp3) is 0.529. The van der Waals surface area contributed by atoms with E-state index in [2.05, 4.69) is 4.98 Å². The molecule has 0 saturated carbocycles. The molecule has 4 rings (SSSR count). The van der Waals surface area contributed by atoms with Crippen LogP contribution in [-0.4, -0.2) is 47.9 Å². The van der Waals surface area contributed by atoms with E-state index in [1.807, 2.05) is 24.0 Å². The highest BCUT2D eigenvalue weighted by molar-refractivity contribution is 7.24. The largest absolute Gasteiger partial charge is 0.348 e. The van der Waals surface area contributed by atoms with Crippen molar-refractivity contribution < 1.29 is 14.3 Å². The number of piperidine rings is 1. The predicted octanol–water partition coefficient (Wildman–Crippen LogP) is 4.20. The quantitative estimate of drug-likeness (QED) is 0.777. The van der Waals surface area contributed by atoms with Gasteiger partial charge in [0.15, 0.2) is 6.29 Å². The summed E-state index contributed by atoms with van der Waals surface area (Å²) in [6.07, 6.45) is 2.73. The SMILES string of the molecule is Cc1nc(-c2ccc(Cl)s2)sc1C(=O)N1CCCCC1C1OCCO1. The number of aryl methyl sites for hydroxylation is 1. The molecule has 0 aliphatic carbocycles. The van der Waals surface area contributed by atoms with Crippen LogP contribution in [0, 0.1) is 6.92 Å². The van der Waals surface area contributed by atoms with Crippen molar-refractivity contribution in [3.05, 3.63) is 27.0 Å². The zero-order valence-corrected chi connectivity index (χ0v) is 16.3. The Kier molecular flexibility index (Phi) is 5.11. The summed E-state index contributed by atoms with van der Waals surface area (Å²) in [5.41, 5.74) is 0.770. The first kappa shape index (κ1) is 17.4. The summed E-state index contributed by atoms with van der Waals surface area (Å²) in [4.78, 5) is 21.4. The number of ether oxygens (including phenoxy) is 2. The molecule has 1 unspecified atom stereocenters. The standard InChI is InChI=1S/C17H19ClN2O3S2/c1-10-14(25-15(19-10)12-5-6-13(18)24-12)16(21)20-7-3-2-4-11(20)17-22-8-9-23-17/h5-6,11,17H,2-4,7-9H2,1H3. The van der Waals surface area contributed by atoms with Crippen molar-refractivity contribution in [2.24, 2.45) is 0 Å². The highest BCUT2D eigenvalue weighted by Gasteiger charge is 2.37. The number of carbonyl (C=O) groups excluding carboxylic acids is 1. The Morgan fingerprint density at radius 1 is 1.28 bits per heavy atom. The Morgan fingerprint density at radius 3 is 2.80 bits per heavy atom. The maximum absolute atomic E-state index is 13.2. The summed E-state index contributed by atoms with van der Waals surface area (Å²) in [6, 6.07) is 3.79. The molecule has 2 aromatic rings. The van der Waals surface area contributed by atoms with Gasteiger partial charge in [0, 0.05) is 6.54 Å². The van der Waals surface area contributed by atoms with E-state index in [1.165, 1.54) is 22.7 Å². The van der Waals surface area contributed by atoms with Crippen molar-refractivity contribution in [1.82, 2.24) is 9.88 Å². The molecule has 2 fully saturated rings. The average molecular weight is 399 g/mol. The lowest BCUT2D eigenvalue weighted by molar-refractivity contribution is -0.100. The number of thiophene rings is 1. The zero-order chi connectivity index (χ0) is 17.4. The second-order valence-corrected chi connectivity index (χ2v) is 8.92. The Bertz CT molecular complexity index is 770. The molecule has 8 heteroatoms. The number of halogens is 1. The van der Waals surface area contributed by atoms with Crippen LogP contribution in [0.15, 0.2) is 12.1 Å². The molecule has 0 aromatic carbocycles. The molecule has 1 amide bonds. The Morgan fingerprint density at radius 2 is 2.08 bits per heavy atom. The van der Waals surface area contributed by atoms with Crippen LogP contribution in [0.4, 0.5) is 0 Å². The summed E-state index contributed by atoms with van der Waals surface area (Å²) in [7, 11) is 0. The van der Waals surface area contributed by atoms with Gasteiger partial charge >= 0.3 is 0 Å². The summed E-state index contributed by atoms with van der Waals surface area (Å²) in [5, 5.41) is 0.847. The van der Waals surface area contributed by atoms with Crippen LogP contribution >= 0.6 is 34.3 Å². The van der Waals surface area contributed by atoms with E-state index in [-0.39, 0.29) is 18.2 Å². The fourth-order valence-electron chi connectivity index (χ4n) is 3.35. The van der Waals surface area contributed by atoms with Crippen molar-refractivity contribution in [2.45, 2.75) is 38.5 Å². The van der Waals surface area contributed by atoms with E-state index in [0.29, 0.717) is 18.1 Å². The van der Waals surface area contributed by atoms with Gasteiger partial charge in [-0.05, 0) is 38.3 Å². The third kappa shape index (κ3) is 3.48. The Balaban J connectivity index is 1.59. The number of rotatable bonds is 3. The molecular formula is C17H19ClN2O3S2. The van der Waals surface area contributed by atoms with E-state index in [4.69, 9.17) is 21.1 Å². The molecule has 0 N–H and O–H groups in total. The summed E-state index contributed by atoms with van der Waals surface area (Å²) in [5.74, 6) is 0.0349. The Hall–Kier alpha value is -0.990. The molecule has 0 radical (unpaired) electrons. The minimum atomic E-state index is -0.298. The molecule has 2 saturated heterocycles. The van der Waals surface area contributed by atoms with Gasteiger partial charge in [0.1, 0.15) is 9.88 Å². The van der Waals surface area contributed by atoms with E-state index in [1.54, 1.807) is 0 Å². The number of nitrogens with zero attached hydrogens (tertiary/aromatic N) is 2. The van der Waals surface area contributed by atoms with Gasteiger partial charge in [-0.25, -0.2) is 4.98 Å². The zero-order valence-electron chi connectivity index (χ0n) is 13.9. The van der Waals surface area contributed by atoms with Crippen molar-refractivity contribution in [3.63, 3.8) is 0 Å². The average Bonchev–Trinajstić information content (AvgIpc) is 3.35. The fourth-order valence-corrected chi connectivity index (χ4v) is 5.47. The van der Waals surface area contributed by atoms with Gasteiger partial charge in [-0.3, -0.25) is 4.79 Å². The van der Waals surface area contributed by atoms with Gasteiger partial charge in [-0.1, -0.05) is 11.6 Å². The van der Waals surface area contributed by atoms with Crippen LogP contribution in [-0.2, 0) is 9.47 Å². The lowest BCUT2D eigenvalue weighted by atomic mass is 10.0. The summed E-state index contributed by atoms with van der Waals surface area (Å²) >= 11 is 8.95. The van der Waals surface area contributed by atoms with E-state index in [0.717, 1.165) is 45.7 Å². The smallest absolute Gasteiger partial charge is 0.266 e. The van der Waals surface area contributed by atoms with E-state index < -0.39 is 0 Å². The molecule has 0 bridgehead atoms. The third-order valence-electron chi connectivity index (χ3n) is 4.55. The van der Waals surface area contributed by atoms with Crippen LogP contribution in [0.5, 0.6) is 0 Å². The van der Waals surface area contributed by atoms with Crippen molar-refractivity contribution in [1.29, 1.82) is 0 Å². The lowest BCUT2D eigenvalue weighted by Crippen LogP contribution is -2.50. The van der Waals surface area contributed by atoms with Crippen LogP contribution in [0.1, 0.15) is 34.6 Å². The van der Waals surface area contributed by atoms with Crippen LogP contribution in [0.2, 0.25) is 4.34 Å². The van der Waals surface area contributed by atoms with Crippen molar-refractivity contribution >= 4 is 40.2 Å². The highest BCUT2D eigenvalue weighted by Crippen LogP contribution is 2.36. The second kappa shape index (κ2) is 7.32. The third-order valence-corrected chi connectivity index (χ3v) is 7.09. The Labute approximate surface area is 159 Å². The monoisotopic (exact) mass is 398 g/mol. The molecule has 5 nitrogen and oxygen atoms in total. The van der Waals surface area contributed by atoms with Crippen molar-refractivity contribution in [3.8, 4) is 9.88 Å². The summed E-state index contributed by atoms with van der Waals surface area (Å²) in [6.45, 7) is 3.84. The highest BCUT2D eigenvalue weighted by atomic mass is 35.5. The van der Waals surface area contributed by atoms with Gasteiger partial charge in [-0.15, -0.1) is 22.7 Å². The molecule has 134 valence electrons. The minimum absolute atomic E-state index is 0.00937. The normalized spacial score (nSPS) is 21.8. The number of amides is 1. The van der Waals surface area contributed by atoms with Crippen LogP contribution in [0.25, 0.3) is 9.88 Å². The topological polar surface area (TPSA) is 51.7 Å². The molecule has 2 aromatic heterocycles. The first-order valence-electron chi connectivity index (χ1n) is 8.41. The lowest BCUT2D eigenvalue weighted by Gasteiger charge is -2.37. The molecule has 0 spiro atoms. The molecule has 2 aliphatic heterocycles. The number of hydrogen-bond donors (Lipinski definition) is 0. The number of likely N-dealkylation sites (tertiary alicyclic amines) is 1. The predicted molar refractivity (Wildman–Crippen MR) is 99.5 cm³/mol. The molecule has 2 aliphatic rings. The minimum Gasteiger partial charge on any atom is -0.348 e. The second-order valence-electron chi connectivity index (χ2n) is 6.21. The molecule has 25 heavy (non-hydrogen) atoms. The first-order chi connectivity index (χ1) is 12.1. The number of carbonyl (C=O) groups is 1.